The molecule has 0 spiro atoms. The number of nitrogens with zero attached hydrogens (tertiary/aromatic N) is 2. The molecule has 140 valence electrons. The van der Waals surface area contributed by atoms with Crippen molar-refractivity contribution in [3.8, 4) is 0 Å². The monoisotopic (exact) mass is 465 g/mol. The van der Waals surface area contributed by atoms with E-state index in [-0.39, 0.29) is 24.0 Å². The first-order chi connectivity index (χ1) is 12.3. The molecule has 1 aliphatic carbocycles. The molecule has 4 N–H and O–H groups in total. The van der Waals surface area contributed by atoms with E-state index in [0.717, 1.165) is 43.9 Å². The normalized spacial score (nSPS) is 13.5. The predicted octanol–water partition coefficient (Wildman–Crippen LogP) is 4.20. The number of guanidine groups is 1. The van der Waals surface area contributed by atoms with Gasteiger partial charge in [-0.05, 0) is 67.9 Å². The molecule has 5 nitrogen and oxygen atoms in total. The molecule has 3 rings (SSSR count). The summed E-state index contributed by atoms with van der Waals surface area (Å²) in [5, 5.41) is 6.59. The van der Waals surface area contributed by atoms with E-state index < -0.39 is 0 Å². The van der Waals surface area contributed by atoms with Crippen molar-refractivity contribution in [2.24, 2.45) is 10.7 Å². The van der Waals surface area contributed by atoms with E-state index in [9.17, 15) is 0 Å². The van der Waals surface area contributed by atoms with Gasteiger partial charge in [0.2, 0.25) is 0 Å². The number of hydrogen-bond acceptors (Lipinski definition) is 3. The highest BCUT2D eigenvalue weighted by Crippen LogP contribution is 2.27. The second kappa shape index (κ2) is 11.0. The van der Waals surface area contributed by atoms with Crippen LogP contribution in [-0.4, -0.2) is 24.0 Å². The molecule has 26 heavy (non-hydrogen) atoms. The third-order valence-electron chi connectivity index (χ3n) is 4.50. The Labute approximate surface area is 172 Å². The Kier molecular flexibility index (Phi) is 8.67. The summed E-state index contributed by atoms with van der Waals surface area (Å²) >= 11 is 0. The number of rotatable bonds is 7. The molecule has 0 unspecified atom stereocenters. The van der Waals surface area contributed by atoms with Crippen LogP contribution in [0.2, 0.25) is 0 Å². The molecule has 0 atom stereocenters. The van der Waals surface area contributed by atoms with Crippen LogP contribution in [0.5, 0.6) is 0 Å². The number of unbranched alkanes of at least 4 members (excludes halogenated alkanes) is 1. The van der Waals surface area contributed by atoms with Crippen LogP contribution in [0.1, 0.15) is 36.8 Å². The van der Waals surface area contributed by atoms with E-state index >= 15 is 0 Å². The standard InChI is InChI=1S/C20H27N5.HI/c21-20(24-15-6-5-14-23-19-12-3-4-13-22-19)25-18-11-7-9-16-8-1-2-10-17(16)18;/h3-4,7,9,11-13H,1-2,5-6,8,10,14-15H2,(H,22,23)(H3,21,24,25);1H. The van der Waals surface area contributed by atoms with Gasteiger partial charge in [-0.3, -0.25) is 4.99 Å². The van der Waals surface area contributed by atoms with Crippen molar-refractivity contribution in [2.75, 3.05) is 23.7 Å². The summed E-state index contributed by atoms with van der Waals surface area (Å²) in [7, 11) is 0. The third-order valence-corrected chi connectivity index (χ3v) is 4.50. The molecule has 1 aromatic carbocycles. The van der Waals surface area contributed by atoms with E-state index in [4.69, 9.17) is 5.73 Å². The smallest absolute Gasteiger partial charge is 0.193 e. The molecule has 0 bridgehead atoms. The number of aromatic nitrogens is 1. The molecular formula is C20H28IN5. The van der Waals surface area contributed by atoms with Gasteiger partial charge in [0.15, 0.2) is 5.96 Å². The van der Waals surface area contributed by atoms with Crippen molar-refractivity contribution >= 4 is 41.4 Å². The molecule has 1 aliphatic rings. The molecule has 1 aromatic heterocycles. The van der Waals surface area contributed by atoms with Gasteiger partial charge < -0.3 is 16.4 Å². The van der Waals surface area contributed by atoms with Crippen molar-refractivity contribution in [1.29, 1.82) is 0 Å². The van der Waals surface area contributed by atoms with Crippen LogP contribution in [0.3, 0.4) is 0 Å². The minimum absolute atomic E-state index is 0. The summed E-state index contributed by atoms with van der Waals surface area (Å²) < 4.78 is 0. The number of anilines is 2. The lowest BCUT2D eigenvalue weighted by molar-refractivity contribution is 0.687. The number of hydrogen-bond donors (Lipinski definition) is 3. The number of nitrogens with two attached hydrogens (primary N) is 1. The van der Waals surface area contributed by atoms with Crippen molar-refractivity contribution in [3.05, 3.63) is 53.7 Å². The van der Waals surface area contributed by atoms with E-state index in [2.05, 4.69) is 38.8 Å². The van der Waals surface area contributed by atoms with E-state index in [0.29, 0.717) is 5.96 Å². The number of pyridine rings is 1. The Morgan fingerprint density at radius 1 is 1.08 bits per heavy atom. The third kappa shape index (κ3) is 6.16. The average molecular weight is 465 g/mol. The first-order valence-electron chi connectivity index (χ1n) is 9.15. The topological polar surface area (TPSA) is 75.3 Å². The van der Waals surface area contributed by atoms with Crippen LogP contribution >= 0.6 is 24.0 Å². The maximum Gasteiger partial charge on any atom is 0.193 e. The second-order valence-electron chi connectivity index (χ2n) is 6.39. The van der Waals surface area contributed by atoms with E-state index in [1.165, 1.54) is 30.4 Å². The molecule has 1 heterocycles. The molecule has 0 radical (unpaired) electrons. The Hall–Kier alpha value is -1.83. The average Bonchev–Trinajstić information content (AvgIpc) is 2.66. The highest BCUT2D eigenvalue weighted by Gasteiger charge is 2.12. The minimum atomic E-state index is 0. The first kappa shape index (κ1) is 20.5. The summed E-state index contributed by atoms with van der Waals surface area (Å²) in [6.07, 6.45) is 8.67. The van der Waals surface area contributed by atoms with Crippen LogP contribution in [-0.2, 0) is 12.8 Å². The Bertz CT molecular complexity index is 703. The van der Waals surface area contributed by atoms with Gasteiger partial charge >= 0.3 is 0 Å². The highest BCUT2D eigenvalue weighted by molar-refractivity contribution is 14.0. The van der Waals surface area contributed by atoms with Gasteiger partial charge in [0.05, 0.1) is 0 Å². The summed E-state index contributed by atoms with van der Waals surface area (Å²) in [4.78, 5) is 8.69. The lowest BCUT2D eigenvalue weighted by atomic mass is 9.90. The van der Waals surface area contributed by atoms with Gasteiger partial charge in [-0.25, -0.2) is 4.98 Å². The van der Waals surface area contributed by atoms with Crippen LogP contribution < -0.4 is 16.4 Å². The lowest BCUT2D eigenvalue weighted by Crippen LogP contribution is -2.24. The summed E-state index contributed by atoms with van der Waals surface area (Å²) in [5.74, 6) is 1.43. The number of aliphatic imine (C=N–C) groups is 1. The SMILES string of the molecule is I.NC(=NCCCCNc1ccccn1)Nc1cccc2c1CCCC2. The molecule has 0 fully saturated rings. The molecule has 2 aromatic rings. The number of benzene rings is 1. The number of halogens is 1. The zero-order valence-corrected chi connectivity index (χ0v) is 17.4. The van der Waals surface area contributed by atoms with Crippen LogP contribution in [0.4, 0.5) is 11.5 Å². The Balaban J connectivity index is 0.00000243. The van der Waals surface area contributed by atoms with Gasteiger partial charge in [0, 0.05) is 25.0 Å². The maximum absolute atomic E-state index is 6.06. The Morgan fingerprint density at radius 2 is 1.96 bits per heavy atom. The van der Waals surface area contributed by atoms with Crippen LogP contribution in [0.25, 0.3) is 0 Å². The number of fused-ring (bicyclic) bond motifs is 1. The molecule has 0 saturated carbocycles. The van der Waals surface area contributed by atoms with Crippen molar-refractivity contribution in [2.45, 2.75) is 38.5 Å². The second-order valence-corrected chi connectivity index (χ2v) is 6.39. The maximum atomic E-state index is 6.06. The van der Waals surface area contributed by atoms with Crippen LogP contribution in [0.15, 0.2) is 47.6 Å². The van der Waals surface area contributed by atoms with Crippen LogP contribution in [0, 0.1) is 0 Å². The lowest BCUT2D eigenvalue weighted by Gasteiger charge is -2.19. The van der Waals surface area contributed by atoms with Gasteiger partial charge in [-0.15, -0.1) is 24.0 Å². The molecule has 6 heteroatoms. The zero-order valence-electron chi connectivity index (χ0n) is 15.1. The summed E-state index contributed by atoms with van der Waals surface area (Å²) in [5.41, 5.74) is 10.0. The minimum Gasteiger partial charge on any atom is -0.370 e. The fraction of sp³-hybridized carbons (Fsp3) is 0.400. The summed E-state index contributed by atoms with van der Waals surface area (Å²) in [6.45, 7) is 1.63. The molecular weight excluding hydrogens is 437 g/mol. The number of nitrogens with one attached hydrogen (secondary N) is 2. The van der Waals surface area contributed by atoms with Gasteiger partial charge in [-0.1, -0.05) is 18.2 Å². The number of aryl methyl sites for hydroxylation is 1. The van der Waals surface area contributed by atoms with E-state index in [1.54, 1.807) is 6.20 Å². The fourth-order valence-corrected chi connectivity index (χ4v) is 3.20. The van der Waals surface area contributed by atoms with Crippen molar-refractivity contribution in [3.63, 3.8) is 0 Å². The first-order valence-corrected chi connectivity index (χ1v) is 9.15. The van der Waals surface area contributed by atoms with Gasteiger partial charge in [-0.2, -0.15) is 0 Å². The zero-order chi connectivity index (χ0) is 17.3. The largest absolute Gasteiger partial charge is 0.370 e. The van der Waals surface area contributed by atoms with Crippen molar-refractivity contribution < 1.29 is 0 Å². The van der Waals surface area contributed by atoms with E-state index in [1.807, 2.05) is 18.2 Å². The summed E-state index contributed by atoms with van der Waals surface area (Å²) in [6, 6.07) is 12.3. The van der Waals surface area contributed by atoms with Crippen molar-refractivity contribution in [1.82, 2.24) is 4.98 Å². The quantitative estimate of drug-likeness (QED) is 0.248. The fourth-order valence-electron chi connectivity index (χ4n) is 3.20. The molecule has 0 amide bonds. The predicted molar refractivity (Wildman–Crippen MR) is 121 cm³/mol. The molecule has 0 aliphatic heterocycles. The highest BCUT2D eigenvalue weighted by atomic mass is 127. The molecule has 0 saturated heterocycles. The Morgan fingerprint density at radius 3 is 2.81 bits per heavy atom. The van der Waals surface area contributed by atoms with Gasteiger partial charge in [0.1, 0.15) is 5.82 Å². The van der Waals surface area contributed by atoms with Gasteiger partial charge in [0.25, 0.3) is 0 Å².